The molecular weight excluding hydrogens is 230 g/mol. The van der Waals surface area contributed by atoms with E-state index in [4.69, 9.17) is 0 Å². The molecule has 1 fully saturated rings. The Balaban J connectivity index is 1.57. The molecule has 4 heteroatoms. The average molecular weight is 255 g/mol. The van der Waals surface area contributed by atoms with Gasteiger partial charge in [-0.05, 0) is 32.2 Å². The summed E-state index contributed by atoms with van der Waals surface area (Å²) >= 11 is 1.94. The van der Waals surface area contributed by atoms with Crippen molar-refractivity contribution in [3.8, 4) is 0 Å². The van der Waals surface area contributed by atoms with Crippen LogP contribution in [0.1, 0.15) is 33.1 Å². The van der Waals surface area contributed by atoms with Gasteiger partial charge in [-0.2, -0.15) is 0 Å². The zero-order valence-electron chi connectivity index (χ0n) is 11.3. The maximum Gasteiger partial charge on any atom is 0.156 e. The quantitative estimate of drug-likeness (QED) is 0.788. The van der Waals surface area contributed by atoms with Crippen LogP contribution in [0.25, 0.3) is 0 Å². The SMILES string of the molecule is CC(C)CC1CN=C(NCCN(C)C2CC2)S1. The Labute approximate surface area is 109 Å². The normalized spacial score (nSPS) is 24.5. The van der Waals surface area contributed by atoms with Gasteiger partial charge in [0.15, 0.2) is 5.17 Å². The van der Waals surface area contributed by atoms with Gasteiger partial charge in [0.1, 0.15) is 0 Å². The van der Waals surface area contributed by atoms with Crippen molar-refractivity contribution >= 4 is 16.9 Å². The average Bonchev–Trinajstić information content (AvgIpc) is 3.02. The van der Waals surface area contributed by atoms with Crippen LogP contribution in [0, 0.1) is 5.92 Å². The molecule has 3 nitrogen and oxygen atoms in total. The molecule has 1 unspecified atom stereocenters. The van der Waals surface area contributed by atoms with E-state index in [0.29, 0.717) is 5.25 Å². The minimum atomic E-state index is 0.707. The molecule has 98 valence electrons. The van der Waals surface area contributed by atoms with Gasteiger partial charge < -0.3 is 10.2 Å². The van der Waals surface area contributed by atoms with Gasteiger partial charge in [0.05, 0.1) is 6.54 Å². The topological polar surface area (TPSA) is 27.6 Å². The first-order chi connectivity index (χ1) is 8.15. The van der Waals surface area contributed by atoms with Crippen molar-refractivity contribution in [2.75, 3.05) is 26.7 Å². The van der Waals surface area contributed by atoms with Gasteiger partial charge in [-0.1, -0.05) is 25.6 Å². The summed E-state index contributed by atoms with van der Waals surface area (Å²) in [7, 11) is 2.23. The lowest BCUT2D eigenvalue weighted by Gasteiger charge is -2.16. The largest absolute Gasteiger partial charge is 0.364 e. The second-order valence-electron chi connectivity index (χ2n) is 5.65. The number of likely N-dealkylation sites (N-methyl/N-ethyl adjacent to an activating group) is 1. The van der Waals surface area contributed by atoms with Gasteiger partial charge >= 0.3 is 0 Å². The van der Waals surface area contributed by atoms with E-state index in [1.807, 2.05) is 11.8 Å². The summed E-state index contributed by atoms with van der Waals surface area (Å²) in [5.41, 5.74) is 0. The van der Waals surface area contributed by atoms with Crippen molar-refractivity contribution in [2.45, 2.75) is 44.4 Å². The maximum absolute atomic E-state index is 4.58. The number of nitrogens with zero attached hydrogens (tertiary/aromatic N) is 2. The van der Waals surface area contributed by atoms with Crippen LogP contribution >= 0.6 is 11.8 Å². The molecule has 0 radical (unpaired) electrons. The van der Waals surface area contributed by atoms with E-state index >= 15 is 0 Å². The molecule has 1 atom stereocenters. The number of amidine groups is 1. The summed E-state index contributed by atoms with van der Waals surface area (Å²) in [5.74, 6) is 0.781. The standard InChI is InChI=1S/C13H25N3S/c1-10(2)8-12-9-15-13(17-12)14-6-7-16(3)11-4-5-11/h10-12H,4-9H2,1-3H3,(H,14,15). The zero-order chi connectivity index (χ0) is 12.3. The molecule has 0 spiro atoms. The van der Waals surface area contributed by atoms with Crippen LogP contribution in [0.3, 0.4) is 0 Å². The van der Waals surface area contributed by atoms with Crippen molar-refractivity contribution in [3.63, 3.8) is 0 Å². The van der Waals surface area contributed by atoms with E-state index in [1.165, 1.54) is 24.4 Å². The summed E-state index contributed by atoms with van der Waals surface area (Å²) in [4.78, 5) is 7.03. The fourth-order valence-electron chi connectivity index (χ4n) is 2.20. The Morgan fingerprint density at radius 3 is 2.88 bits per heavy atom. The first kappa shape index (κ1) is 13.2. The fourth-order valence-corrected chi connectivity index (χ4v) is 3.48. The van der Waals surface area contributed by atoms with E-state index in [-0.39, 0.29) is 0 Å². The smallest absolute Gasteiger partial charge is 0.156 e. The van der Waals surface area contributed by atoms with Crippen LogP contribution in [-0.4, -0.2) is 48.0 Å². The Morgan fingerprint density at radius 1 is 1.47 bits per heavy atom. The third kappa shape index (κ3) is 4.51. The highest BCUT2D eigenvalue weighted by Gasteiger charge is 2.25. The molecule has 1 saturated carbocycles. The molecule has 1 aliphatic heterocycles. The molecule has 2 aliphatic rings. The Morgan fingerprint density at radius 2 is 2.24 bits per heavy atom. The van der Waals surface area contributed by atoms with Crippen LogP contribution in [0.15, 0.2) is 4.99 Å². The van der Waals surface area contributed by atoms with E-state index in [0.717, 1.165) is 31.6 Å². The molecule has 0 saturated heterocycles. The van der Waals surface area contributed by atoms with Gasteiger partial charge in [0, 0.05) is 24.4 Å². The molecule has 0 aromatic heterocycles. The first-order valence-corrected chi connectivity index (χ1v) is 7.68. The molecule has 0 amide bonds. The van der Waals surface area contributed by atoms with E-state index in [1.54, 1.807) is 0 Å². The molecule has 1 N–H and O–H groups in total. The van der Waals surface area contributed by atoms with Crippen molar-refractivity contribution in [3.05, 3.63) is 0 Å². The van der Waals surface area contributed by atoms with Gasteiger partial charge in [0.25, 0.3) is 0 Å². The summed E-state index contributed by atoms with van der Waals surface area (Å²) in [6.45, 7) is 7.75. The Hall–Kier alpha value is -0.220. The molecule has 2 rings (SSSR count). The van der Waals surface area contributed by atoms with E-state index in [2.05, 4.69) is 36.1 Å². The van der Waals surface area contributed by atoms with Crippen LogP contribution in [-0.2, 0) is 0 Å². The van der Waals surface area contributed by atoms with Gasteiger partial charge in [-0.15, -0.1) is 0 Å². The molecule has 0 aromatic rings. The summed E-state index contributed by atoms with van der Waals surface area (Å²) in [5, 5.41) is 5.34. The van der Waals surface area contributed by atoms with Crippen LogP contribution in [0.4, 0.5) is 0 Å². The monoisotopic (exact) mass is 255 g/mol. The fraction of sp³-hybridized carbons (Fsp3) is 0.923. The van der Waals surface area contributed by atoms with Gasteiger partial charge in [0.2, 0.25) is 0 Å². The minimum Gasteiger partial charge on any atom is -0.364 e. The number of aliphatic imine (C=N–C) groups is 1. The Kier molecular flexibility index (Phi) is 4.74. The van der Waals surface area contributed by atoms with E-state index in [9.17, 15) is 0 Å². The molecule has 1 aliphatic carbocycles. The Bertz CT molecular complexity index is 274. The second-order valence-corrected chi connectivity index (χ2v) is 6.94. The van der Waals surface area contributed by atoms with Crippen LogP contribution in [0.5, 0.6) is 0 Å². The zero-order valence-corrected chi connectivity index (χ0v) is 12.1. The van der Waals surface area contributed by atoms with Gasteiger partial charge in [-0.3, -0.25) is 4.99 Å². The van der Waals surface area contributed by atoms with Crippen molar-refractivity contribution in [2.24, 2.45) is 10.9 Å². The third-order valence-electron chi connectivity index (χ3n) is 3.36. The predicted octanol–water partition coefficient (Wildman–Crippen LogP) is 2.19. The lowest BCUT2D eigenvalue weighted by molar-refractivity contribution is 0.329. The van der Waals surface area contributed by atoms with Crippen molar-refractivity contribution < 1.29 is 0 Å². The minimum absolute atomic E-state index is 0.707. The number of hydrogen-bond acceptors (Lipinski definition) is 4. The van der Waals surface area contributed by atoms with E-state index < -0.39 is 0 Å². The molecule has 1 heterocycles. The predicted molar refractivity (Wildman–Crippen MR) is 76.8 cm³/mol. The second kappa shape index (κ2) is 6.10. The highest BCUT2D eigenvalue weighted by atomic mass is 32.2. The molecular formula is C13H25N3S. The maximum atomic E-state index is 4.58. The molecule has 0 aromatic carbocycles. The lowest BCUT2D eigenvalue weighted by Crippen LogP contribution is -2.32. The van der Waals surface area contributed by atoms with Crippen molar-refractivity contribution in [1.29, 1.82) is 0 Å². The number of hydrogen-bond donors (Lipinski definition) is 1. The number of thioether (sulfide) groups is 1. The van der Waals surface area contributed by atoms with Crippen molar-refractivity contribution in [1.82, 2.24) is 10.2 Å². The first-order valence-electron chi connectivity index (χ1n) is 6.80. The third-order valence-corrected chi connectivity index (χ3v) is 4.53. The summed E-state index contributed by atoms with van der Waals surface area (Å²) in [6, 6.07) is 0.864. The summed E-state index contributed by atoms with van der Waals surface area (Å²) in [6.07, 6.45) is 4.06. The number of rotatable bonds is 6. The van der Waals surface area contributed by atoms with Crippen LogP contribution < -0.4 is 5.32 Å². The van der Waals surface area contributed by atoms with Crippen LogP contribution in [0.2, 0.25) is 0 Å². The highest BCUT2D eigenvalue weighted by Crippen LogP contribution is 2.26. The summed E-state index contributed by atoms with van der Waals surface area (Å²) < 4.78 is 0. The molecule has 17 heavy (non-hydrogen) atoms. The highest BCUT2D eigenvalue weighted by molar-refractivity contribution is 8.14. The lowest BCUT2D eigenvalue weighted by atomic mass is 10.1. The number of nitrogens with one attached hydrogen (secondary N) is 1. The van der Waals surface area contributed by atoms with Gasteiger partial charge in [-0.25, -0.2) is 0 Å². The molecule has 0 bridgehead atoms.